The van der Waals surface area contributed by atoms with Crippen LogP contribution < -0.4 is 11.1 Å². The lowest BCUT2D eigenvalue weighted by Gasteiger charge is -2.15. The second kappa shape index (κ2) is 6.29. The molecule has 1 unspecified atom stereocenters. The fourth-order valence-corrected chi connectivity index (χ4v) is 1.84. The molecule has 1 aromatic carbocycles. The second-order valence-electron chi connectivity index (χ2n) is 4.44. The number of anilines is 2. The molecule has 0 aliphatic carbocycles. The Balaban J connectivity index is 2.14. The Morgan fingerprint density at radius 3 is 2.65 bits per heavy atom. The number of nitrogens with two attached hydrogens (primary N) is 1. The lowest BCUT2D eigenvalue weighted by Crippen LogP contribution is -2.11. The number of methoxy groups -OCH3 is 1. The van der Waals surface area contributed by atoms with E-state index in [2.05, 4.69) is 15.3 Å². The summed E-state index contributed by atoms with van der Waals surface area (Å²) < 4.78 is 17.9. The van der Waals surface area contributed by atoms with E-state index in [1.54, 1.807) is 25.3 Å². The van der Waals surface area contributed by atoms with Crippen molar-refractivity contribution in [1.29, 1.82) is 0 Å². The van der Waals surface area contributed by atoms with Crippen LogP contribution in [0.1, 0.15) is 24.4 Å². The molecular formula is C14H17FN4O. The molecule has 5 nitrogen and oxygen atoms in total. The Morgan fingerprint density at radius 1 is 1.30 bits per heavy atom. The van der Waals surface area contributed by atoms with Gasteiger partial charge in [-0.25, -0.2) is 14.4 Å². The van der Waals surface area contributed by atoms with Crippen LogP contribution in [0.2, 0.25) is 0 Å². The van der Waals surface area contributed by atoms with Crippen LogP contribution >= 0.6 is 0 Å². The van der Waals surface area contributed by atoms with Gasteiger partial charge in [-0.2, -0.15) is 0 Å². The van der Waals surface area contributed by atoms with Gasteiger partial charge >= 0.3 is 0 Å². The van der Waals surface area contributed by atoms with E-state index in [0.29, 0.717) is 24.1 Å². The molecule has 3 N–H and O–H groups in total. The van der Waals surface area contributed by atoms with Gasteiger partial charge in [-0.15, -0.1) is 0 Å². The van der Waals surface area contributed by atoms with Crippen molar-refractivity contribution in [3.63, 3.8) is 0 Å². The van der Waals surface area contributed by atoms with Crippen molar-refractivity contribution in [3.8, 4) is 0 Å². The number of benzene rings is 1. The SMILES string of the molecule is COCc1nc(N)cc(NC(C)c2ccc(F)cc2)n1. The first kappa shape index (κ1) is 14.2. The number of nitrogens with zero attached hydrogens (tertiary/aromatic N) is 2. The number of halogens is 1. The van der Waals surface area contributed by atoms with Gasteiger partial charge in [0.1, 0.15) is 24.1 Å². The minimum absolute atomic E-state index is 0.0275. The van der Waals surface area contributed by atoms with Crippen LogP contribution in [0.3, 0.4) is 0 Å². The molecule has 0 spiro atoms. The zero-order valence-electron chi connectivity index (χ0n) is 11.4. The molecule has 0 saturated heterocycles. The van der Waals surface area contributed by atoms with Gasteiger partial charge in [0, 0.05) is 19.2 Å². The highest BCUT2D eigenvalue weighted by Gasteiger charge is 2.08. The monoisotopic (exact) mass is 276 g/mol. The number of rotatable bonds is 5. The van der Waals surface area contributed by atoms with Crippen molar-refractivity contribution in [1.82, 2.24) is 9.97 Å². The molecule has 0 radical (unpaired) electrons. The van der Waals surface area contributed by atoms with Crippen LogP contribution in [-0.2, 0) is 11.3 Å². The predicted molar refractivity (Wildman–Crippen MR) is 75.6 cm³/mol. The third-order valence-corrected chi connectivity index (χ3v) is 2.80. The normalized spacial score (nSPS) is 12.2. The quantitative estimate of drug-likeness (QED) is 0.877. The zero-order valence-corrected chi connectivity index (χ0v) is 11.4. The minimum atomic E-state index is -0.255. The average Bonchev–Trinajstić information content (AvgIpc) is 2.39. The summed E-state index contributed by atoms with van der Waals surface area (Å²) >= 11 is 0. The maximum Gasteiger partial charge on any atom is 0.158 e. The first-order valence-corrected chi connectivity index (χ1v) is 6.23. The van der Waals surface area contributed by atoms with Crippen LogP contribution in [0.15, 0.2) is 30.3 Å². The molecular weight excluding hydrogens is 259 g/mol. The summed E-state index contributed by atoms with van der Waals surface area (Å²) in [4.78, 5) is 8.37. The maximum absolute atomic E-state index is 12.9. The summed E-state index contributed by atoms with van der Waals surface area (Å²) in [6.45, 7) is 2.26. The lowest BCUT2D eigenvalue weighted by molar-refractivity contribution is 0.178. The molecule has 20 heavy (non-hydrogen) atoms. The molecule has 0 amide bonds. The van der Waals surface area contributed by atoms with E-state index in [4.69, 9.17) is 10.5 Å². The van der Waals surface area contributed by atoms with Crippen molar-refractivity contribution in [3.05, 3.63) is 47.5 Å². The van der Waals surface area contributed by atoms with Crippen LogP contribution in [0.4, 0.5) is 16.0 Å². The Morgan fingerprint density at radius 2 is 2.00 bits per heavy atom. The van der Waals surface area contributed by atoms with Gasteiger partial charge < -0.3 is 15.8 Å². The molecule has 1 heterocycles. The van der Waals surface area contributed by atoms with E-state index in [-0.39, 0.29) is 11.9 Å². The summed E-state index contributed by atoms with van der Waals surface area (Å²) in [5, 5.41) is 3.21. The van der Waals surface area contributed by atoms with Gasteiger partial charge in [-0.3, -0.25) is 0 Å². The molecule has 106 valence electrons. The summed E-state index contributed by atoms with van der Waals surface area (Å²) in [6, 6.07) is 7.94. The fraction of sp³-hybridized carbons (Fsp3) is 0.286. The standard InChI is InChI=1S/C14H17FN4O/c1-9(10-3-5-11(15)6-4-10)17-13-7-12(16)18-14(19-13)8-20-2/h3-7,9H,8H2,1-2H3,(H3,16,17,18,19). The Hall–Kier alpha value is -2.21. The van der Waals surface area contributed by atoms with Gasteiger partial charge in [0.25, 0.3) is 0 Å². The molecule has 2 aromatic rings. The van der Waals surface area contributed by atoms with Crippen LogP contribution in [-0.4, -0.2) is 17.1 Å². The molecule has 0 bridgehead atoms. The van der Waals surface area contributed by atoms with Crippen molar-refractivity contribution >= 4 is 11.6 Å². The summed E-state index contributed by atoms with van der Waals surface area (Å²) in [6.07, 6.45) is 0. The summed E-state index contributed by atoms with van der Waals surface area (Å²) in [5.74, 6) is 1.25. The van der Waals surface area contributed by atoms with Gasteiger partial charge in [0.2, 0.25) is 0 Å². The van der Waals surface area contributed by atoms with E-state index in [0.717, 1.165) is 5.56 Å². The van der Waals surface area contributed by atoms with Gasteiger partial charge in [-0.1, -0.05) is 12.1 Å². The number of hydrogen-bond donors (Lipinski definition) is 2. The molecule has 0 saturated carbocycles. The van der Waals surface area contributed by atoms with Gasteiger partial charge in [-0.05, 0) is 24.6 Å². The molecule has 6 heteroatoms. The van der Waals surface area contributed by atoms with Gasteiger partial charge in [0.05, 0.1) is 0 Å². The maximum atomic E-state index is 12.9. The zero-order chi connectivity index (χ0) is 14.5. The number of nitrogen functional groups attached to an aromatic ring is 1. The number of ether oxygens (including phenoxy) is 1. The third-order valence-electron chi connectivity index (χ3n) is 2.80. The van der Waals surface area contributed by atoms with Gasteiger partial charge in [0.15, 0.2) is 5.82 Å². The van der Waals surface area contributed by atoms with Crippen molar-refractivity contribution < 1.29 is 9.13 Å². The molecule has 1 atom stereocenters. The topological polar surface area (TPSA) is 73.1 Å². The highest BCUT2D eigenvalue weighted by Crippen LogP contribution is 2.19. The highest BCUT2D eigenvalue weighted by atomic mass is 19.1. The number of hydrogen-bond acceptors (Lipinski definition) is 5. The Kier molecular flexibility index (Phi) is 4.47. The van der Waals surface area contributed by atoms with E-state index in [1.165, 1.54) is 12.1 Å². The van der Waals surface area contributed by atoms with E-state index < -0.39 is 0 Å². The molecule has 2 rings (SSSR count). The second-order valence-corrected chi connectivity index (χ2v) is 4.44. The molecule has 0 aliphatic rings. The molecule has 1 aromatic heterocycles. The summed E-state index contributed by atoms with van der Waals surface area (Å²) in [7, 11) is 1.57. The van der Waals surface area contributed by atoms with E-state index >= 15 is 0 Å². The minimum Gasteiger partial charge on any atom is -0.384 e. The van der Waals surface area contributed by atoms with E-state index in [1.807, 2.05) is 6.92 Å². The van der Waals surface area contributed by atoms with Crippen LogP contribution in [0, 0.1) is 5.82 Å². The highest BCUT2D eigenvalue weighted by molar-refractivity contribution is 5.46. The van der Waals surface area contributed by atoms with Crippen molar-refractivity contribution in [2.24, 2.45) is 0 Å². The third kappa shape index (κ3) is 3.64. The lowest BCUT2D eigenvalue weighted by atomic mass is 10.1. The predicted octanol–water partition coefficient (Wildman–Crippen LogP) is 2.52. The molecule has 0 fully saturated rings. The Bertz CT molecular complexity index is 574. The first-order chi connectivity index (χ1) is 9.58. The summed E-state index contributed by atoms with van der Waals surface area (Å²) in [5.41, 5.74) is 6.68. The average molecular weight is 276 g/mol. The van der Waals surface area contributed by atoms with Crippen LogP contribution in [0.5, 0.6) is 0 Å². The smallest absolute Gasteiger partial charge is 0.158 e. The Labute approximate surface area is 117 Å². The number of nitrogens with one attached hydrogen (secondary N) is 1. The van der Waals surface area contributed by atoms with Crippen molar-refractivity contribution in [2.45, 2.75) is 19.6 Å². The largest absolute Gasteiger partial charge is 0.384 e. The molecule has 0 aliphatic heterocycles. The van der Waals surface area contributed by atoms with Crippen molar-refractivity contribution in [2.75, 3.05) is 18.2 Å². The number of aromatic nitrogens is 2. The van der Waals surface area contributed by atoms with Crippen LogP contribution in [0.25, 0.3) is 0 Å². The van der Waals surface area contributed by atoms with E-state index in [9.17, 15) is 4.39 Å². The fourth-order valence-electron chi connectivity index (χ4n) is 1.84. The first-order valence-electron chi connectivity index (χ1n) is 6.23.